The second-order valence-electron chi connectivity index (χ2n) is 16.3. The number of fused-ring (bicyclic) bond motifs is 9. The van der Waals surface area contributed by atoms with Crippen LogP contribution in [0.15, 0.2) is 174 Å². The molecule has 0 N–H and O–H groups in total. The molecule has 0 atom stereocenters. The Balaban J connectivity index is 1.10. The molecule has 5 nitrogen and oxygen atoms in total. The fourth-order valence-electron chi connectivity index (χ4n) is 9.64. The molecule has 0 amide bonds. The Bertz CT molecular complexity index is 3350. The summed E-state index contributed by atoms with van der Waals surface area (Å²) in [5.41, 5.74) is 15.6. The summed E-state index contributed by atoms with van der Waals surface area (Å²) in [6.07, 6.45) is 8.78. The summed E-state index contributed by atoms with van der Waals surface area (Å²) in [5.74, 6) is 1.86. The standard InChI is InChI=1S/C54H38N4O/c1-54(2)44-24-14-12-22-38(44)41-31-43-42-30-35(26-29-46(42)58(47(43)32-45(41)54)36-20-10-5-11-21-36)37-27-28-40(49-39-23-13-15-25-48(39)59-50(37)49)53-56-51(33-16-6-3-7-17-33)55-52(57-53)34-18-8-4-9-19-34/h3-10,12-20,22-32H,11,21H2,1-2H3. The van der Waals surface area contributed by atoms with E-state index in [-0.39, 0.29) is 5.41 Å². The van der Waals surface area contributed by atoms with Gasteiger partial charge in [0.1, 0.15) is 11.2 Å². The zero-order valence-corrected chi connectivity index (χ0v) is 32.8. The Morgan fingerprint density at radius 2 is 1.20 bits per heavy atom. The van der Waals surface area contributed by atoms with Crippen molar-refractivity contribution in [2.75, 3.05) is 0 Å². The molecule has 0 fully saturated rings. The Morgan fingerprint density at radius 1 is 0.525 bits per heavy atom. The molecule has 2 aliphatic rings. The smallest absolute Gasteiger partial charge is 0.164 e. The van der Waals surface area contributed by atoms with Crippen LogP contribution < -0.4 is 0 Å². The first-order valence-corrected chi connectivity index (χ1v) is 20.4. The van der Waals surface area contributed by atoms with E-state index in [0.29, 0.717) is 17.5 Å². The average molecular weight is 759 g/mol. The number of aromatic nitrogens is 4. The van der Waals surface area contributed by atoms with Crippen LogP contribution in [0.2, 0.25) is 0 Å². The average Bonchev–Trinajstić information content (AvgIpc) is 3.91. The first-order valence-electron chi connectivity index (χ1n) is 20.4. The number of rotatable bonds is 5. The maximum atomic E-state index is 6.86. The van der Waals surface area contributed by atoms with Crippen molar-refractivity contribution >= 4 is 49.4 Å². The molecule has 0 saturated heterocycles. The van der Waals surface area contributed by atoms with Gasteiger partial charge in [0.25, 0.3) is 0 Å². The molecule has 3 heterocycles. The maximum absolute atomic E-state index is 6.86. The van der Waals surface area contributed by atoms with E-state index in [9.17, 15) is 0 Å². The van der Waals surface area contributed by atoms with Crippen LogP contribution in [0.25, 0.3) is 106 Å². The molecule has 2 aliphatic carbocycles. The topological polar surface area (TPSA) is 56.7 Å². The van der Waals surface area contributed by atoms with Crippen LogP contribution >= 0.6 is 0 Å². The Morgan fingerprint density at radius 3 is 1.97 bits per heavy atom. The van der Waals surface area contributed by atoms with Crippen LogP contribution in [-0.2, 0) is 5.41 Å². The highest BCUT2D eigenvalue weighted by Gasteiger charge is 2.36. The van der Waals surface area contributed by atoms with Gasteiger partial charge >= 0.3 is 0 Å². The Hall–Kier alpha value is -7.37. The van der Waals surface area contributed by atoms with E-state index in [1.165, 1.54) is 49.8 Å². The number of allylic oxidation sites excluding steroid dienone is 4. The van der Waals surface area contributed by atoms with Gasteiger partial charge in [-0.25, -0.2) is 15.0 Å². The number of benzene rings is 7. The van der Waals surface area contributed by atoms with E-state index in [1.54, 1.807) is 0 Å². The summed E-state index contributed by atoms with van der Waals surface area (Å²) in [7, 11) is 0. The van der Waals surface area contributed by atoms with Crippen molar-refractivity contribution in [2.45, 2.75) is 32.1 Å². The summed E-state index contributed by atoms with van der Waals surface area (Å²) in [5, 5.41) is 4.49. The van der Waals surface area contributed by atoms with Gasteiger partial charge in [-0.05, 0) is 89.2 Å². The van der Waals surface area contributed by atoms with Gasteiger partial charge in [-0.15, -0.1) is 0 Å². The van der Waals surface area contributed by atoms with E-state index in [2.05, 4.69) is 116 Å². The minimum absolute atomic E-state index is 0.0930. The van der Waals surface area contributed by atoms with Gasteiger partial charge in [-0.2, -0.15) is 0 Å². The van der Waals surface area contributed by atoms with Crippen molar-refractivity contribution in [3.8, 4) is 56.4 Å². The summed E-state index contributed by atoms with van der Waals surface area (Å²) < 4.78 is 9.37. The van der Waals surface area contributed by atoms with E-state index in [4.69, 9.17) is 19.4 Å². The molecule has 280 valence electrons. The predicted molar refractivity (Wildman–Crippen MR) is 242 cm³/mol. The van der Waals surface area contributed by atoms with Crippen molar-refractivity contribution in [3.63, 3.8) is 0 Å². The molecule has 3 aromatic heterocycles. The predicted octanol–water partition coefficient (Wildman–Crippen LogP) is 14.0. The molecule has 10 aromatic rings. The van der Waals surface area contributed by atoms with Crippen LogP contribution in [0.3, 0.4) is 0 Å². The second-order valence-corrected chi connectivity index (χ2v) is 16.3. The summed E-state index contributed by atoms with van der Waals surface area (Å²) in [6, 6.07) is 53.7. The summed E-state index contributed by atoms with van der Waals surface area (Å²) >= 11 is 0. The molecular formula is C54H38N4O. The third-order valence-corrected chi connectivity index (χ3v) is 12.5. The zero-order chi connectivity index (χ0) is 39.2. The maximum Gasteiger partial charge on any atom is 0.164 e. The van der Waals surface area contributed by atoms with Crippen molar-refractivity contribution in [2.24, 2.45) is 0 Å². The largest absolute Gasteiger partial charge is 0.455 e. The molecule has 0 saturated carbocycles. The van der Waals surface area contributed by atoms with E-state index >= 15 is 0 Å². The molecule has 59 heavy (non-hydrogen) atoms. The fraction of sp³-hybridized carbons (Fsp3) is 0.0926. The number of para-hydroxylation sites is 1. The molecule has 12 rings (SSSR count). The minimum atomic E-state index is -0.0930. The third-order valence-electron chi connectivity index (χ3n) is 12.5. The first-order chi connectivity index (χ1) is 29.0. The SMILES string of the molecule is CC1(C)c2ccccc2-c2cc3c4cc(-c5ccc(-c6nc(-c7ccccc7)nc(-c7ccccc7)n6)c6c5oc5ccccc56)ccc4n(C4=CC=CCC4)c3cc21. The highest BCUT2D eigenvalue weighted by molar-refractivity contribution is 6.18. The van der Waals surface area contributed by atoms with Crippen LogP contribution in [0.1, 0.15) is 37.8 Å². The van der Waals surface area contributed by atoms with E-state index < -0.39 is 0 Å². The molecule has 0 bridgehead atoms. The van der Waals surface area contributed by atoms with Gasteiger partial charge in [-0.1, -0.05) is 135 Å². The lowest BCUT2D eigenvalue weighted by Crippen LogP contribution is -2.15. The third kappa shape index (κ3) is 5.14. The van der Waals surface area contributed by atoms with Crippen molar-refractivity contribution in [1.29, 1.82) is 0 Å². The second kappa shape index (κ2) is 12.8. The van der Waals surface area contributed by atoms with Gasteiger partial charge in [0.15, 0.2) is 17.5 Å². The van der Waals surface area contributed by atoms with Gasteiger partial charge in [0.05, 0.1) is 11.0 Å². The number of hydrogen-bond acceptors (Lipinski definition) is 4. The zero-order valence-electron chi connectivity index (χ0n) is 32.8. The highest BCUT2D eigenvalue weighted by atomic mass is 16.3. The number of hydrogen-bond donors (Lipinski definition) is 0. The first kappa shape index (κ1) is 33.7. The normalized spacial score (nSPS) is 14.3. The monoisotopic (exact) mass is 758 g/mol. The Kier molecular flexibility index (Phi) is 7.33. The van der Waals surface area contributed by atoms with Gasteiger partial charge in [0, 0.05) is 54.9 Å². The minimum Gasteiger partial charge on any atom is -0.455 e. The summed E-state index contributed by atoms with van der Waals surface area (Å²) in [4.78, 5) is 15.2. The molecule has 7 aromatic carbocycles. The number of nitrogens with zero attached hydrogens (tertiary/aromatic N) is 4. The van der Waals surface area contributed by atoms with Gasteiger partial charge in [-0.3, -0.25) is 0 Å². The quantitative estimate of drug-likeness (QED) is 0.175. The van der Waals surface area contributed by atoms with Crippen molar-refractivity contribution in [3.05, 3.63) is 181 Å². The lowest BCUT2D eigenvalue weighted by molar-refractivity contribution is 0.661. The lowest BCUT2D eigenvalue weighted by atomic mass is 9.82. The highest BCUT2D eigenvalue weighted by Crippen LogP contribution is 2.51. The molecule has 0 unspecified atom stereocenters. The van der Waals surface area contributed by atoms with Crippen molar-refractivity contribution < 1.29 is 4.42 Å². The fourth-order valence-corrected chi connectivity index (χ4v) is 9.64. The van der Waals surface area contributed by atoms with Crippen LogP contribution in [-0.4, -0.2) is 19.5 Å². The van der Waals surface area contributed by atoms with E-state index in [0.717, 1.165) is 62.6 Å². The molecule has 0 radical (unpaired) electrons. The molecular weight excluding hydrogens is 721 g/mol. The lowest BCUT2D eigenvalue weighted by Gasteiger charge is -2.22. The number of furan rings is 1. The van der Waals surface area contributed by atoms with Crippen LogP contribution in [0.5, 0.6) is 0 Å². The van der Waals surface area contributed by atoms with Gasteiger partial charge < -0.3 is 8.98 Å². The van der Waals surface area contributed by atoms with Crippen molar-refractivity contribution in [1.82, 2.24) is 19.5 Å². The van der Waals surface area contributed by atoms with E-state index in [1.807, 2.05) is 72.8 Å². The molecule has 0 aliphatic heterocycles. The van der Waals surface area contributed by atoms with Crippen LogP contribution in [0.4, 0.5) is 0 Å². The summed E-state index contributed by atoms with van der Waals surface area (Å²) in [6.45, 7) is 4.73. The van der Waals surface area contributed by atoms with Crippen LogP contribution in [0, 0.1) is 0 Å². The Labute approximate surface area is 341 Å². The molecule has 0 spiro atoms. The molecule has 5 heteroatoms. The van der Waals surface area contributed by atoms with Gasteiger partial charge in [0.2, 0.25) is 0 Å².